The summed E-state index contributed by atoms with van der Waals surface area (Å²) < 4.78 is 0. The van der Waals surface area contributed by atoms with Gasteiger partial charge in [-0.15, -0.1) is 0 Å². The maximum atomic E-state index is 12.2. The number of likely N-dealkylation sites (tertiary alicyclic amines) is 1. The molecule has 6 nitrogen and oxygen atoms in total. The van der Waals surface area contributed by atoms with Crippen molar-refractivity contribution in [3.05, 3.63) is 34.9 Å². The van der Waals surface area contributed by atoms with Crippen molar-refractivity contribution < 1.29 is 9.59 Å². The maximum Gasteiger partial charge on any atom is 0.315 e. The SMILES string of the molecule is O=C(NCC(=O)N1CCC(NCC2CC2)CC1)NCc1ccc(Cl)cc1. The quantitative estimate of drug-likeness (QED) is 0.680. The molecule has 0 unspecified atom stereocenters. The summed E-state index contributed by atoms with van der Waals surface area (Å²) in [6.45, 7) is 3.07. The van der Waals surface area contributed by atoms with E-state index in [2.05, 4.69) is 16.0 Å². The lowest BCUT2D eigenvalue weighted by molar-refractivity contribution is -0.131. The minimum absolute atomic E-state index is 0.0210. The van der Waals surface area contributed by atoms with Crippen LogP contribution in [0.25, 0.3) is 0 Å². The van der Waals surface area contributed by atoms with Crippen molar-refractivity contribution in [1.29, 1.82) is 0 Å². The molecule has 2 fully saturated rings. The van der Waals surface area contributed by atoms with Crippen molar-refractivity contribution in [2.24, 2.45) is 5.92 Å². The highest BCUT2D eigenvalue weighted by atomic mass is 35.5. The zero-order valence-corrected chi connectivity index (χ0v) is 15.7. The number of piperidine rings is 1. The number of amides is 3. The monoisotopic (exact) mass is 378 g/mol. The molecule has 0 radical (unpaired) electrons. The molecule has 1 aromatic rings. The van der Waals surface area contributed by atoms with Crippen LogP contribution in [0.1, 0.15) is 31.2 Å². The third-order valence-corrected chi connectivity index (χ3v) is 5.26. The lowest BCUT2D eigenvalue weighted by atomic mass is 10.0. The van der Waals surface area contributed by atoms with Crippen LogP contribution < -0.4 is 16.0 Å². The van der Waals surface area contributed by atoms with Gasteiger partial charge in [0.1, 0.15) is 0 Å². The number of carbonyl (C=O) groups excluding carboxylic acids is 2. The Morgan fingerprint density at radius 2 is 1.73 bits per heavy atom. The Bertz CT molecular complexity index is 610. The average Bonchev–Trinajstić information content (AvgIpc) is 3.49. The van der Waals surface area contributed by atoms with Crippen molar-refractivity contribution in [3.8, 4) is 0 Å². The summed E-state index contributed by atoms with van der Waals surface area (Å²) in [7, 11) is 0. The first-order chi connectivity index (χ1) is 12.6. The number of benzene rings is 1. The lowest BCUT2D eigenvalue weighted by Crippen LogP contribution is -2.49. The summed E-state index contributed by atoms with van der Waals surface area (Å²) in [6, 6.07) is 7.46. The van der Waals surface area contributed by atoms with Crippen LogP contribution in [-0.2, 0) is 11.3 Å². The summed E-state index contributed by atoms with van der Waals surface area (Å²) >= 11 is 5.83. The third-order valence-electron chi connectivity index (χ3n) is 5.01. The van der Waals surface area contributed by atoms with Gasteiger partial charge < -0.3 is 20.9 Å². The molecule has 3 N–H and O–H groups in total. The Hall–Kier alpha value is -1.79. The van der Waals surface area contributed by atoms with Gasteiger partial charge in [-0.25, -0.2) is 4.79 Å². The summed E-state index contributed by atoms with van der Waals surface area (Å²) in [6.07, 6.45) is 4.69. The van der Waals surface area contributed by atoms with Crippen LogP contribution in [0, 0.1) is 5.92 Å². The number of halogens is 1. The van der Waals surface area contributed by atoms with E-state index >= 15 is 0 Å². The Balaban J connectivity index is 1.29. The van der Waals surface area contributed by atoms with Gasteiger partial charge in [0.15, 0.2) is 0 Å². The highest BCUT2D eigenvalue weighted by molar-refractivity contribution is 6.30. The second-order valence-electron chi connectivity index (χ2n) is 7.17. The molecule has 3 rings (SSSR count). The normalized spacial score (nSPS) is 17.8. The number of hydrogen-bond donors (Lipinski definition) is 3. The molecule has 3 amide bonds. The molecule has 0 atom stereocenters. The number of hydrogen-bond acceptors (Lipinski definition) is 3. The molecule has 0 aromatic heterocycles. The summed E-state index contributed by atoms with van der Waals surface area (Å²) in [5.41, 5.74) is 0.955. The van der Waals surface area contributed by atoms with Gasteiger partial charge in [0.2, 0.25) is 5.91 Å². The van der Waals surface area contributed by atoms with E-state index in [4.69, 9.17) is 11.6 Å². The first-order valence-electron chi connectivity index (χ1n) is 9.37. The fourth-order valence-corrected chi connectivity index (χ4v) is 3.23. The summed E-state index contributed by atoms with van der Waals surface area (Å²) in [4.78, 5) is 25.9. The Morgan fingerprint density at radius 3 is 2.38 bits per heavy atom. The fourth-order valence-electron chi connectivity index (χ4n) is 3.10. The largest absolute Gasteiger partial charge is 0.341 e. The first-order valence-corrected chi connectivity index (χ1v) is 9.75. The molecule has 2 aliphatic rings. The molecular formula is C19H27ClN4O2. The van der Waals surface area contributed by atoms with Gasteiger partial charge in [-0.3, -0.25) is 4.79 Å². The van der Waals surface area contributed by atoms with Gasteiger partial charge in [-0.05, 0) is 55.8 Å². The van der Waals surface area contributed by atoms with E-state index in [-0.39, 0.29) is 18.5 Å². The molecule has 142 valence electrons. The van der Waals surface area contributed by atoms with Gasteiger partial charge in [-0.2, -0.15) is 0 Å². The number of nitrogens with one attached hydrogen (secondary N) is 3. The van der Waals surface area contributed by atoms with Crippen LogP contribution in [0.2, 0.25) is 5.02 Å². The second-order valence-corrected chi connectivity index (χ2v) is 7.61. The van der Waals surface area contributed by atoms with Crippen LogP contribution in [0.15, 0.2) is 24.3 Å². The molecule has 0 spiro atoms. The lowest BCUT2D eigenvalue weighted by Gasteiger charge is -2.32. The molecular weight excluding hydrogens is 352 g/mol. The van der Waals surface area contributed by atoms with E-state index in [1.165, 1.54) is 12.8 Å². The molecule has 1 aromatic carbocycles. The second kappa shape index (κ2) is 9.24. The Labute approximate surface area is 159 Å². The maximum absolute atomic E-state index is 12.2. The van der Waals surface area contributed by atoms with Crippen molar-refractivity contribution >= 4 is 23.5 Å². The minimum Gasteiger partial charge on any atom is -0.341 e. The van der Waals surface area contributed by atoms with Crippen LogP contribution in [0.4, 0.5) is 4.79 Å². The van der Waals surface area contributed by atoms with E-state index in [1.54, 1.807) is 12.1 Å². The van der Waals surface area contributed by atoms with Gasteiger partial charge in [0, 0.05) is 30.7 Å². The average molecular weight is 379 g/mol. The van der Waals surface area contributed by atoms with Gasteiger partial charge in [0.25, 0.3) is 0 Å². The number of rotatable bonds is 7. The first kappa shape index (κ1) is 19.0. The van der Waals surface area contributed by atoms with Crippen molar-refractivity contribution in [2.75, 3.05) is 26.2 Å². The number of nitrogens with zero attached hydrogens (tertiary/aromatic N) is 1. The fraction of sp³-hybridized carbons (Fsp3) is 0.579. The van der Waals surface area contributed by atoms with Crippen molar-refractivity contribution in [3.63, 3.8) is 0 Å². The molecule has 0 bridgehead atoms. The highest BCUT2D eigenvalue weighted by Gasteiger charge is 2.25. The molecule has 1 aliphatic heterocycles. The predicted molar refractivity (Wildman–Crippen MR) is 102 cm³/mol. The van der Waals surface area contributed by atoms with E-state index in [0.29, 0.717) is 17.6 Å². The number of urea groups is 1. The molecule has 1 saturated carbocycles. The zero-order valence-electron chi connectivity index (χ0n) is 15.0. The van der Waals surface area contributed by atoms with Crippen LogP contribution in [0.3, 0.4) is 0 Å². The Kier molecular flexibility index (Phi) is 6.74. The summed E-state index contributed by atoms with van der Waals surface area (Å²) in [5, 5.41) is 9.65. The standard InChI is InChI=1S/C19H27ClN4O2/c20-16-5-3-15(4-6-16)12-22-19(26)23-13-18(25)24-9-7-17(8-10-24)21-11-14-1-2-14/h3-6,14,17,21H,1-2,7-13H2,(H2,22,23,26). The van der Waals surface area contributed by atoms with Crippen LogP contribution >= 0.6 is 11.6 Å². The molecule has 26 heavy (non-hydrogen) atoms. The van der Waals surface area contributed by atoms with E-state index in [1.807, 2.05) is 17.0 Å². The van der Waals surface area contributed by atoms with Gasteiger partial charge in [-0.1, -0.05) is 23.7 Å². The smallest absolute Gasteiger partial charge is 0.315 e. The zero-order chi connectivity index (χ0) is 18.4. The van der Waals surface area contributed by atoms with Crippen LogP contribution in [-0.4, -0.2) is 49.1 Å². The molecule has 1 heterocycles. The molecule has 1 saturated heterocycles. The van der Waals surface area contributed by atoms with Gasteiger partial charge >= 0.3 is 6.03 Å². The van der Waals surface area contributed by atoms with E-state index in [0.717, 1.165) is 44.0 Å². The van der Waals surface area contributed by atoms with Crippen LogP contribution in [0.5, 0.6) is 0 Å². The van der Waals surface area contributed by atoms with Crippen molar-refractivity contribution in [1.82, 2.24) is 20.9 Å². The topological polar surface area (TPSA) is 73.5 Å². The molecule has 7 heteroatoms. The summed E-state index contributed by atoms with van der Waals surface area (Å²) in [5.74, 6) is 0.859. The van der Waals surface area contributed by atoms with Crippen molar-refractivity contribution in [2.45, 2.75) is 38.3 Å². The van der Waals surface area contributed by atoms with Gasteiger partial charge in [0.05, 0.1) is 6.54 Å². The highest BCUT2D eigenvalue weighted by Crippen LogP contribution is 2.28. The molecule has 1 aliphatic carbocycles. The van der Waals surface area contributed by atoms with E-state index in [9.17, 15) is 9.59 Å². The predicted octanol–water partition coefficient (Wildman–Crippen LogP) is 2.13. The Morgan fingerprint density at radius 1 is 1.04 bits per heavy atom. The third kappa shape index (κ3) is 6.18. The minimum atomic E-state index is -0.339. The van der Waals surface area contributed by atoms with E-state index < -0.39 is 0 Å². The number of carbonyl (C=O) groups is 2.